The van der Waals surface area contributed by atoms with E-state index in [9.17, 15) is 22.0 Å². The first kappa shape index (κ1) is 16.5. The fraction of sp³-hybridized carbons (Fsp3) is 0.417. The van der Waals surface area contributed by atoms with Crippen molar-refractivity contribution in [1.82, 2.24) is 4.72 Å². The highest BCUT2D eigenvalue weighted by molar-refractivity contribution is 7.88. The summed E-state index contributed by atoms with van der Waals surface area (Å²) in [4.78, 5) is 10.9. The van der Waals surface area contributed by atoms with Gasteiger partial charge in [0.1, 0.15) is 17.7 Å². The first-order valence-corrected chi connectivity index (χ1v) is 7.45. The van der Waals surface area contributed by atoms with E-state index in [0.717, 1.165) is 18.2 Å². The predicted molar refractivity (Wildman–Crippen MR) is 68.4 cm³/mol. The second-order valence-electron chi connectivity index (χ2n) is 4.64. The number of carbonyl (C=O) groups is 1. The summed E-state index contributed by atoms with van der Waals surface area (Å²) >= 11 is 0. The Hall–Kier alpha value is -1.54. The van der Waals surface area contributed by atoms with Gasteiger partial charge in [-0.15, -0.1) is 0 Å². The highest BCUT2D eigenvalue weighted by Crippen LogP contribution is 2.15. The fourth-order valence-electron chi connectivity index (χ4n) is 1.57. The van der Waals surface area contributed by atoms with E-state index >= 15 is 0 Å². The lowest BCUT2D eigenvalue weighted by Crippen LogP contribution is -2.44. The van der Waals surface area contributed by atoms with Crippen LogP contribution in [0.4, 0.5) is 8.78 Å². The van der Waals surface area contributed by atoms with Gasteiger partial charge < -0.3 is 5.11 Å². The molecule has 8 heteroatoms. The number of carboxylic acids is 1. The van der Waals surface area contributed by atoms with Crippen LogP contribution >= 0.6 is 0 Å². The number of benzene rings is 1. The van der Waals surface area contributed by atoms with E-state index in [2.05, 4.69) is 0 Å². The highest BCUT2D eigenvalue weighted by Gasteiger charge is 2.28. The third-order valence-corrected chi connectivity index (χ3v) is 3.92. The van der Waals surface area contributed by atoms with Crippen LogP contribution in [0.2, 0.25) is 0 Å². The molecule has 1 atom stereocenters. The van der Waals surface area contributed by atoms with Gasteiger partial charge in [0.2, 0.25) is 10.0 Å². The van der Waals surface area contributed by atoms with Crippen molar-refractivity contribution in [2.45, 2.75) is 25.6 Å². The van der Waals surface area contributed by atoms with Crippen molar-refractivity contribution >= 4 is 16.0 Å². The first-order chi connectivity index (χ1) is 9.14. The van der Waals surface area contributed by atoms with E-state index in [1.807, 2.05) is 4.72 Å². The molecule has 112 valence electrons. The Kier molecular flexibility index (Phi) is 5.18. The standard InChI is InChI=1S/C12H15F2NO4S/c1-7(2)11(12(16)17)15-20(18,19)6-8-9(13)4-3-5-10(8)14/h3-5,7,11,15H,6H2,1-2H3,(H,16,17). The summed E-state index contributed by atoms with van der Waals surface area (Å²) < 4.78 is 52.3. The number of carboxylic acid groups (broad SMARTS) is 1. The summed E-state index contributed by atoms with van der Waals surface area (Å²) in [6.45, 7) is 3.04. The van der Waals surface area contributed by atoms with Gasteiger partial charge in [-0.05, 0) is 18.1 Å². The molecule has 0 saturated carbocycles. The maximum absolute atomic E-state index is 13.4. The second-order valence-corrected chi connectivity index (χ2v) is 6.39. The lowest BCUT2D eigenvalue weighted by Gasteiger charge is -2.18. The maximum Gasteiger partial charge on any atom is 0.321 e. The molecular weight excluding hydrogens is 292 g/mol. The minimum atomic E-state index is -4.18. The number of nitrogens with one attached hydrogen (secondary N) is 1. The Labute approximate surface area is 115 Å². The second kappa shape index (κ2) is 6.27. The van der Waals surface area contributed by atoms with Gasteiger partial charge in [-0.1, -0.05) is 19.9 Å². The van der Waals surface area contributed by atoms with Crippen LogP contribution in [0.25, 0.3) is 0 Å². The third kappa shape index (κ3) is 4.24. The van der Waals surface area contributed by atoms with Crippen LogP contribution in [-0.4, -0.2) is 25.5 Å². The Morgan fingerprint density at radius 1 is 1.30 bits per heavy atom. The van der Waals surface area contributed by atoms with Gasteiger partial charge in [-0.3, -0.25) is 4.79 Å². The van der Waals surface area contributed by atoms with Gasteiger partial charge in [-0.25, -0.2) is 21.9 Å². The number of hydrogen-bond acceptors (Lipinski definition) is 3. The molecule has 1 unspecified atom stereocenters. The number of rotatable bonds is 6. The average molecular weight is 307 g/mol. The Bertz CT molecular complexity index is 581. The van der Waals surface area contributed by atoms with Crippen molar-refractivity contribution in [3.8, 4) is 0 Å². The smallest absolute Gasteiger partial charge is 0.321 e. The summed E-state index contributed by atoms with van der Waals surface area (Å²) in [5, 5.41) is 8.91. The monoisotopic (exact) mass is 307 g/mol. The minimum Gasteiger partial charge on any atom is -0.480 e. The van der Waals surface area contributed by atoms with Crippen molar-refractivity contribution in [1.29, 1.82) is 0 Å². The van der Waals surface area contributed by atoms with Gasteiger partial charge in [-0.2, -0.15) is 0 Å². The van der Waals surface area contributed by atoms with Gasteiger partial charge in [0.25, 0.3) is 0 Å². The SMILES string of the molecule is CC(C)C(NS(=O)(=O)Cc1c(F)cccc1F)C(=O)O. The molecule has 20 heavy (non-hydrogen) atoms. The molecule has 1 rings (SSSR count). The number of hydrogen-bond donors (Lipinski definition) is 2. The van der Waals surface area contributed by atoms with Gasteiger partial charge in [0.05, 0.1) is 5.75 Å². The zero-order chi connectivity index (χ0) is 15.5. The van der Waals surface area contributed by atoms with Gasteiger partial charge >= 0.3 is 5.97 Å². The van der Waals surface area contributed by atoms with Crippen LogP contribution < -0.4 is 4.72 Å². The van der Waals surface area contributed by atoms with Crippen molar-refractivity contribution < 1.29 is 27.1 Å². The van der Waals surface area contributed by atoms with E-state index in [0.29, 0.717) is 0 Å². The molecule has 0 heterocycles. The van der Waals surface area contributed by atoms with Crippen LogP contribution in [0.15, 0.2) is 18.2 Å². The van der Waals surface area contributed by atoms with E-state index in [-0.39, 0.29) is 0 Å². The van der Waals surface area contributed by atoms with E-state index in [4.69, 9.17) is 5.11 Å². The molecule has 0 spiro atoms. The summed E-state index contributed by atoms with van der Waals surface area (Å²) in [5.41, 5.74) is -0.618. The molecule has 0 aliphatic heterocycles. The third-order valence-electron chi connectivity index (χ3n) is 2.64. The van der Waals surface area contributed by atoms with Crippen LogP contribution in [0.1, 0.15) is 19.4 Å². The fourth-order valence-corrected chi connectivity index (χ4v) is 3.07. The predicted octanol–water partition coefficient (Wildman–Crippen LogP) is 1.49. The molecule has 0 bridgehead atoms. The van der Waals surface area contributed by atoms with Crippen molar-refractivity contribution in [3.05, 3.63) is 35.4 Å². The molecule has 0 aliphatic carbocycles. The molecular formula is C12H15F2NO4S. The molecule has 0 radical (unpaired) electrons. The average Bonchev–Trinajstić information content (AvgIpc) is 2.30. The normalized spacial score (nSPS) is 13.4. The van der Waals surface area contributed by atoms with Crippen LogP contribution in [0.3, 0.4) is 0 Å². The van der Waals surface area contributed by atoms with E-state index in [1.165, 1.54) is 13.8 Å². The molecule has 1 aromatic carbocycles. The van der Waals surface area contributed by atoms with E-state index in [1.54, 1.807) is 0 Å². The van der Waals surface area contributed by atoms with Crippen molar-refractivity contribution in [2.24, 2.45) is 5.92 Å². The number of sulfonamides is 1. The van der Waals surface area contributed by atoms with Crippen molar-refractivity contribution in [3.63, 3.8) is 0 Å². The lowest BCUT2D eigenvalue weighted by molar-refractivity contribution is -0.140. The molecule has 2 N–H and O–H groups in total. The Morgan fingerprint density at radius 2 is 1.80 bits per heavy atom. The maximum atomic E-state index is 13.4. The quantitative estimate of drug-likeness (QED) is 0.834. The molecule has 0 fully saturated rings. The Balaban J connectivity index is 2.98. The van der Waals surface area contributed by atoms with E-state index < -0.39 is 50.9 Å². The lowest BCUT2D eigenvalue weighted by atomic mass is 10.1. The summed E-state index contributed by atoms with van der Waals surface area (Å²) in [6, 6.07) is 1.63. The molecule has 0 aliphatic rings. The molecule has 0 aromatic heterocycles. The number of aliphatic carboxylic acids is 1. The molecule has 0 amide bonds. The summed E-state index contributed by atoms with van der Waals surface area (Å²) in [6.07, 6.45) is 0. The molecule has 0 saturated heterocycles. The van der Waals surface area contributed by atoms with Crippen LogP contribution in [0, 0.1) is 17.6 Å². The largest absolute Gasteiger partial charge is 0.480 e. The zero-order valence-corrected chi connectivity index (χ0v) is 11.7. The van der Waals surface area contributed by atoms with Gasteiger partial charge in [0, 0.05) is 5.56 Å². The first-order valence-electron chi connectivity index (χ1n) is 5.79. The zero-order valence-electron chi connectivity index (χ0n) is 10.9. The van der Waals surface area contributed by atoms with Crippen molar-refractivity contribution in [2.75, 3.05) is 0 Å². The highest BCUT2D eigenvalue weighted by atomic mass is 32.2. The summed E-state index contributed by atoms with van der Waals surface area (Å²) in [7, 11) is -4.18. The Morgan fingerprint density at radius 3 is 2.20 bits per heavy atom. The van der Waals surface area contributed by atoms with Crippen LogP contribution in [-0.2, 0) is 20.6 Å². The van der Waals surface area contributed by atoms with Crippen LogP contribution in [0.5, 0.6) is 0 Å². The topological polar surface area (TPSA) is 83.5 Å². The van der Waals surface area contributed by atoms with Gasteiger partial charge in [0.15, 0.2) is 0 Å². The number of halogens is 2. The molecule has 5 nitrogen and oxygen atoms in total. The molecule has 1 aromatic rings. The summed E-state index contributed by atoms with van der Waals surface area (Å²) in [5.74, 6) is -4.80. The minimum absolute atomic E-state index is 0.507.